The number of amides is 4. The molecule has 7 heteroatoms. The fourth-order valence-corrected chi connectivity index (χ4v) is 1.83. The van der Waals surface area contributed by atoms with Crippen molar-refractivity contribution in [3.8, 4) is 0 Å². The van der Waals surface area contributed by atoms with Crippen LogP contribution in [0.5, 0.6) is 0 Å². The van der Waals surface area contributed by atoms with Crippen molar-refractivity contribution < 1.29 is 18.8 Å². The molecule has 0 bridgehead atoms. The number of imide groups is 2. The molecule has 1 saturated heterocycles. The van der Waals surface area contributed by atoms with E-state index in [-0.39, 0.29) is 5.89 Å². The molecule has 1 aliphatic heterocycles. The number of carbonyl (C=O) groups excluding carboxylic acids is 3. The number of hydrogen-bond donors (Lipinski definition) is 1. The van der Waals surface area contributed by atoms with E-state index in [2.05, 4.69) is 10.3 Å². The zero-order valence-electron chi connectivity index (χ0n) is 11.2. The van der Waals surface area contributed by atoms with E-state index in [1.165, 1.54) is 20.0 Å². The molecule has 7 nitrogen and oxygen atoms in total. The van der Waals surface area contributed by atoms with Crippen molar-refractivity contribution in [2.75, 3.05) is 0 Å². The van der Waals surface area contributed by atoms with Crippen molar-refractivity contribution in [2.24, 2.45) is 5.41 Å². The second-order valence-corrected chi connectivity index (χ2v) is 5.04. The van der Waals surface area contributed by atoms with Crippen LogP contribution in [0, 0.1) is 12.3 Å². The predicted molar refractivity (Wildman–Crippen MR) is 63.8 cm³/mol. The highest BCUT2D eigenvalue weighted by molar-refractivity contribution is 6.18. The van der Waals surface area contributed by atoms with Gasteiger partial charge in [0.1, 0.15) is 17.2 Å². The molecule has 0 aliphatic carbocycles. The molecule has 4 amide bonds. The summed E-state index contributed by atoms with van der Waals surface area (Å²) in [6.07, 6.45) is 1.51. The number of urea groups is 1. The highest BCUT2D eigenvalue weighted by atomic mass is 16.4. The molecule has 1 aromatic rings. The zero-order chi connectivity index (χ0) is 14.4. The molecule has 1 unspecified atom stereocenters. The van der Waals surface area contributed by atoms with Gasteiger partial charge in [-0.25, -0.2) is 9.78 Å². The molecule has 19 heavy (non-hydrogen) atoms. The van der Waals surface area contributed by atoms with E-state index in [0.29, 0.717) is 5.76 Å². The molecule has 1 aromatic heterocycles. The van der Waals surface area contributed by atoms with Gasteiger partial charge < -0.3 is 4.42 Å². The van der Waals surface area contributed by atoms with Crippen molar-refractivity contribution in [1.29, 1.82) is 0 Å². The number of carbonyl (C=O) groups is 3. The molecule has 1 fully saturated rings. The van der Waals surface area contributed by atoms with Gasteiger partial charge in [0.15, 0.2) is 0 Å². The smallest absolute Gasteiger partial charge is 0.331 e. The van der Waals surface area contributed by atoms with E-state index in [4.69, 9.17) is 4.42 Å². The Morgan fingerprint density at radius 3 is 2.53 bits per heavy atom. The van der Waals surface area contributed by atoms with Crippen molar-refractivity contribution in [3.05, 3.63) is 17.8 Å². The summed E-state index contributed by atoms with van der Waals surface area (Å²) in [5.74, 6) is -0.327. The molecule has 1 N–H and O–H groups in total. The molecule has 2 heterocycles. The van der Waals surface area contributed by atoms with Crippen LogP contribution < -0.4 is 5.32 Å². The molecule has 0 aromatic carbocycles. The van der Waals surface area contributed by atoms with Crippen molar-refractivity contribution in [1.82, 2.24) is 15.2 Å². The van der Waals surface area contributed by atoms with Crippen LogP contribution in [0.15, 0.2) is 10.6 Å². The minimum absolute atomic E-state index is 0.256. The van der Waals surface area contributed by atoms with E-state index >= 15 is 0 Å². The summed E-state index contributed by atoms with van der Waals surface area (Å²) in [5, 5.41) is 2.17. The summed E-state index contributed by atoms with van der Waals surface area (Å²) in [7, 11) is 0. The van der Waals surface area contributed by atoms with Gasteiger partial charge in [0, 0.05) is 0 Å². The van der Waals surface area contributed by atoms with Crippen LogP contribution >= 0.6 is 0 Å². The van der Waals surface area contributed by atoms with Crippen LogP contribution in [0.1, 0.15) is 38.5 Å². The molecule has 2 rings (SSSR count). The molecule has 0 spiro atoms. The van der Waals surface area contributed by atoms with Gasteiger partial charge in [-0.3, -0.25) is 19.8 Å². The average Bonchev–Trinajstić information content (AvgIpc) is 2.74. The lowest BCUT2D eigenvalue weighted by Gasteiger charge is -2.36. The Hall–Kier alpha value is -2.18. The lowest BCUT2D eigenvalue weighted by molar-refractivity contribution is -0.150. The van der Waals surface area contributed by atoms with Crippen LogP contribution in [0.4, 0.5) is 4.79 Å². The molecule has 0 saturated carbocycles. The Labute approximate surface area is 110 Å². The molecular weight excluding hydrogens is 250 g/mol. The summed E-state index contributed by atoms with van der Waals surface area (Å²) in [5.41, 5.74) is -1.29. The molecule has 102 valence electrons. The maximum atomic E-state index is 12.3. The van der Waals surface area contributed by atoms with Crippen LogP contribution in [-0.4, -0.2) is 27.7 Å². The zero-order valence-corrected chi connectivity index (χ0v) is 11.2. The first kappa shape index (κ1) is 13.3. The van der Waals surface area contributed by atoms with Gasteiger partial charge in [0.2, 0.25) is 17.7 Å². The topological polar surface area (TPSA) is 92.5 Å². The van der Waals surface area contributed by atoms with Crippen molar-refractivity contribution >= 4 is 17.8 Å². The van der Waals surface area contributed by atoms with Gasteiger partial charge in [0.25, 0.3) is 0 Å². The van der Waals surface area contributed by atoms with Crippen LogP contribution in [0.2, 0.25) is 0 Å². The number of aryl methyl sites for hydroxylation is 1. The second-order valence-electron chi connectivity index (χ2n) is 5.04. The lowest BCUT2D eigenvalue weighted by atomic mass is 9.88. The van der Waals surface area contributed by atoms with Crippen LogP contribution in [0.3, 0.4) is 0 Å². The summed E-state index contributed by atoms with van der Waals surface area (Å²) in [6, 6.07) is -1.42. The van der Waals surface area contributed by atoms with Crippen LogP contribution in [-0.2, 0) is 9.59 Å². The third-order valence-corrected chi connectivity index (χ3v) is 3.14. The van der Waals surface area contributed by atoms with Crippen molar-refractivity contribution in [2.45, 2.75) is 33.7 Å². The third-order valence-electron chi connectivity index (χ3n) is 3.14. The largest absolute Gasteiger partial charge is 0.444 e. The third kappa shape index (κ3) is 2.00. The van der Waals surface area contributed by atoms with E-state index in [1.54, 1.807) is 13.8 Å². The lowest BCUT2D eigenvalue weighted by Crippen LogP contribution is -2.62. The van der Waals surface area contributed by atoms with E-state index in [9.17, 15) is 14.4 Å². The Morgan fingerprint density at radius 2 is 2.00 bits per heavy atom. The number of hydrogen-bond acceptors (Lipinski definition) is 5. The van der Waals surface area contributed by atoms with E-state index in [1.807, 2.05) is 0 Å². The number of nitrogens with zero attached hydrogens (tertiary/aromatic N) is 2. The van der Waals surface area contributed by atoms with E-state index < -0.39 is 29.3 Å². The monoisotopic (exact) mass is 265 g/mol. The number of aromatic nitrogens is 1. The fourth-order valence-electron chi connectivity index (χ4n) is 1.83. The minimum Gasteiger partial charge on any atom is -0.444 e. The molecular formula is C12H15N3O4. The quantitative estimate of drug-likeness (QED) is 0.810. The molecule has 1 aliphatic rings. The van der Waals surface area contributed by atoms with Gasteiger partial charge in [-0.2, -0.15) is 0 Å². The highest BCUT2D eigenvalue weighted by Gasteiger charge is 2.49. The standard InChI is InChI=1S/C12H15N3O4/c1-6-5-13-8(19-6)7(2)15-10(17)12(3,4)9(16)14-11(15)18/h5,7H,1-4H3,(H,14,16,18). The normalized spacial score (nSPS) is 20.4. The van der Waals surface area contributed by atoms with Crippen molar-refractivity contribution in [3.63, 3.8) is 0 Å². The summed E-state index contributed by atoms with van der Waals surface area (Å²) >= 11 is 0. The van der Waals surface area contributed by atoms with Gasteiger partial charge in [0.05, 0.1) is 6.20 Å². The summed E-state index contributed by atoms with van der Waals surface area (Å²) < 4.78 is 5.32. The SMILES string of the molecule is Cc1cnc(C(C)N2C(=O)NC(=O)C(C)(C)C2=O)o1. The molecule has 1 atom stereocenters. The maximum Gasteiger partial charge on any atom is 0.331 e. The number of barbiturate groups is 1. The number of nitrogens with one attached hydrogen (secondary N) is 1. The Morgan fingerprint density at radius 1 is 1.37 bits per heavy atom. The van der Waals surface area contributed by atoms with E-state index in [0.717, 1.165) is 4.90 Å². The average molecular weight is 265 g/mol. The van der Waals surface area contributed by atoms with Gasteiger partial charge >= 0.3 is 6.03 Å². The predicted octanol–water partition coefficient (Wildman–Crippen LogP) is 1.15. The first-order chi connectivity index (χ1) is 8.75. The maximum absolute atomic E-state index is 12.3. The van der Waals surface area contributed by atoms with Crippen LogP contribution in [0.25, 0.3) is 0 Å². The molecule has 0 radical (unpaired) electrons. The number of rotatable bonds is 2. The Kier molecular flexibility index (Phi) is 2.92. The van der Waals surface area contributed by atoms with Gasteiger partial charge in [-0.05, 0) is 27.7 Å². The highest BCUT2D eigenvalue weighted by Crippen LogP contribution is 2.30. The Balaban J connectivity index is 2.35. The minimum atomic E-state index is -1.29. The number of oxazole rings is 1. The summed E-state index contributed by atoms with van der Waals surface area (Å²) in [6.45, 7) is 6.28. The summed E-state index contributed by atoms with van der Waals surface area (Å²) in [4.78, 5) is 40.7. The first-order valence-electron chi connectivity index (χ1n) is 5.86. The fraction of sp³-hybridized carbons (Fsp3) is 0.500. The van der Waals surface area contributed by atoms with Gasteiger partial charge in [-0.15, -0.1) is 0 Å². The first-order valence-corrected chi connectivity index (χ1v) is 5.86. The second kappa shape index (κ2) is 4.18. The van der Waals surface area contributed by atoms with Gasteiger partial charge in [-0.1, -0.05) is 0 Å². The Bertz CT molecular complexity index is 561.